The van der Waals surface area contributed by atoms with Gasteiger partial charge in [0.25, 0.3) is 5.56 Å². The second-order valence-corrected chi connectivity index (χ2v) is 7.71. The molecule has 0 unspecified atom stereocenters. The first-order chi connectivity index (χ1) is 12.5. The summed E-state index contributed by atoms with van der Waals surface area (Å²) in [6.07, 6.45) is 3.25. The third-order valence-electron chi connectivity index (χ3n) is 4.96. The summed E-state index contributed by atoms with van der Waals surface area (Å²) in [4.78, 5) is 32.6. The molecule has 26 heavy (non-hydrogen) atoms. The number of hydrogen-bond donors (Lipinski definition) is 0. The van der Waals surface area contributed by atoms with E-state index in [9.17, 15) is 9.59 Å². The average Bonchev–Trinajstić information content (AvgIpc) is 3.28. The summed E-state index contributed by atoms with van der Waals surface area (Å²) in [5, 5.41) is 6.29. The van der Waals surface area contributed by atoms with Gasteiger partial charge < -0.3 is 9.47 Å². The van der Waals surface area contributed by atoms with Crippen LogP contribution >= 0.6 is 11.3 Å². The summed E-state index contributed by atoms with van der Waals surface area (Å²) < 4.78 is 3.07. The van der Waals surface area contributed by atoms with Gasteiger partial charge in [0.05, 0.1) is 4.88 Å². The van der Waals surface area contributed by atoms with Crippen molar-refractivity contribution in [3.05, 3.63) is 39.6 Å². The molecule has 0 radical (unpaired) electrons. The molecule has 1 atom stereocenters. The molecule has 136 valence electrons. The molecular formula is C18H21N5O2S. The molecule has 1 aliphatic rings. The standard InChI is InChI=1S/C18H21N5O2S/c1-12-6-3-4-8-21(12)16(25)11-22-13(2)10-15(24)23-18(22)19-17(20-23)14-7-5-9-26-14/h5,7,9-10,12H,3-4,6,8,11H2,1-2H3/t12-/m0/s1. The van der Waals surface area contributed by atoms with Gasteiger partial charge in [-0.1, -0.05) is 6.07 Å². The maximum Gasteiger partial charge on any atom is 0.275 e. The van der Waals surface area contributed by atoms with Gasteiger partial charge in [-0.05, 0) is 44.6 Å². The van der Waals surface area contributed by atoms with Gasteiger partial charge in [-0.25, -0.2) is 0 Å². The summed E-state index contributed by atoms with van der Waals surface area (Å²) in [5.74, 6) is 0.984. The van der Waals surface area contributed by atoms with Crippen LogP contribution in [0.3, 0.4) is 0 Å². The van der Waals surface area contributed by atoms with E-state index in [1.807, 2.05) is 29.3 Å². The van der Waals surface area contributed by atoms with Crippen LogP contribution in [0.4, 0.5) is 0 Å². The maximum atomic E-state index is 12.9. The molecule has 0 spiro atoms. The van der Waals surface area contributed by atoms with Crippen molar-refractivity contribution in [1.29, 1.82) is 0 Å². The van der Waals surface area contributed by atoms with Crippen LogP contribution < -0.4 is 5.56 Å². The fraction of sp³-hybridized carbons (Fsp3) is 0.444. The smallest absolute Gasteiger partial charge is 0.275 e. The normalized spacial score (nSPS) is 17.8. The van der Waals surface area contributed by atoms with E-state index in [4.69, 9.17) is 0 Å². The molecule has 7 nitrogen and oxygen atoms in total. The Labute approximate surface area is 154 Å². The minimum absolute atomic E-state index is 0.0616. The number of carbonyl (C=O) groups is 1. The summed E-state index contributed by atoms with van der Waals surface area (Å²) in [7, 11) is 0. The number of nitrogens with zero attached hydrogens (tertiary/aromatic N) is 5. The van der Waals surface area contributed by atoms with E-state index in [-0.39, 0.29) is 24.1 Å². The predicted octanol–water partition coefficient (Wildman–Crippen LogP) is 2.33. The first kappa shape index (κ1) is 17.0. The summed E-state index contributed by atoms with van der Waals surface area (Å²) >= 11 is 1.52. The van der Waals surface area contributed by atoms with E-state index >= 15 is 0 Å². The van der Waals surface area contributed by atoms with E-state index < -0.39 is 0 Å². The number of piperidine rings is 1. The van der Waals surface area contributed by atoms with Crippen molar-refractivity contribution in [1.82, 2.24) is 24.1 Å². The lowest BCUT2D eigenvalue weighted by atomic mass is 10.0. The molecular weight excluding hydrogens is 350 g/mol. The average molecular weight is 371 g/mol. The van der Waals surface area contributed by atoms with Crippen LogP contribution in [-0.4, -0.2) is 42.6 Å². The highest BCUT2D eigenvalue weighted by Crippen LogP contribution is 2.22. The van der Waals surface area contributed by atoms with Gasteiger partial charge in [-0.15, -0.1) is 16.4 Å². The SMILES string of the molecule is Cc1cc(=O)n2nc(-c3cccs3)nc2n1CC(=O)N1CCCC[C@@H]1C. The van der Waals surface area contributed by atoms with Gasteiger partial charge in [-0.2, -0.15) is 9.50 Å². The lowest BCUT2D eigenvalue weighted by Crippen LogP contribution is -2.44. The number of likely N-dealkylation sites (tertiary alicyclic amines) is 1. The zero-order valence-corrected chi connectivity index (χ0v) is 15.7. The van der Waals surface area contributed by atoms with Crippen LogP contribution in [0.2, 0.25) is 0 Å². The van der Waals surface area contributed by atoms with Gasteiger partial charge in [-0.3, -0.25) is 9.59 Å². The summed E-state index contributed by atoms with van der Waals surface area (Å²) in [6.45, 7) is 4.88. The van der Waals surface area contributed by atoms with Gasteiger partial charge >= 0.3 is 0 Å². The van der Waals surface area contributed by atoms with Crippen LogP contribution in [-0.2, 0) is 11.3 Å². The Morgan fingerprint density at radius 3 is 2.96 bits per heavy atom. The first-order valence-electron chi connectivity index (χ1n) is 8.85. The lowest BCUT2D eigenvalue weighted by molar-refractivity contribution is -0.135. The highest BCUT2D eigenvalue weighted by atomic mass is 32.1. The highest BCUT2D eigenvalue weighted by Gasteiger charge is 2.24. The second-order valence-electron chi connectivity index (χ2n) is 6.77. The van der Waals surface area contributed by atoms with Gasteiger partial charge in [0.1, 0.15) is 6.54 Å². The van der Waals surface area contributed by atoms with Crippen LogP contribution in [0.15, 0.2) is 28.4 Å². The molecule has 0 aromatic carbocycles. The fourth-order valence-corrected chi connectivity index (χ4v) is 4.15. The van der Waals surface area contributed by atoms with Crippen molar-refractivity contribution in [2.45, 2.75) is 45.7 Å². The van der Waals surface area contributed by atoms with Gasteiger partial charge in [0, 0.05) is 24.3 Å². The van der Waals surface area contributed by atoms with Crippen LogP contribution in [0, 0.1) is 6.92 Å². The Morgan fingerprint density at radius 2 is 2.23 bits per heavy atom. The monoisotopic (exact) mass is 371 g/mol. The summed E-state index contributed by atoms with van der Waals surface area (Å²) in [5.41, 5.74) is 0.480. The van der Waals surface area contributed by atoms with Crippen LogP contribution in [0.25, 0.3) is 16.5 Å². The Balaban J connectivity index is 1.74. The molecule has 0 bridgehead atoms. The Hall–Kier alpha value is -2.48. The third-order valence-corrected chi connectivity index (χ3v) is 5.82. The molecule has 1 fully saturated rings. The molecule has 3 aromatic rings. The van der Waals surface area contributed by atoms with Gasteiger partial charge in [0.2, 0.25) is 11.7 Å². The highest BCUT2D eigenvalue weighted by molar-refractivity contribution is 7.13. The Morgan fingerprint density at radius 1 is 1.38 bits per heavy atom. The molecule has 4 rings (SSSR count). The molecule has 0 aliphatic carbocycles. The van der Waals surface area contributed by atoms with E-state index in [0.717, 1.165) is 24.3 Å². The van der Waals surface area contributed by atoms with Crippen molar-refractivity contribution >= 4 is 23.0 Å². The van der Waals surface area contributed by atoms with Crippen molar-refractivity contribution < 1.29 is 4.79 Å². The topological polar surface area (TPSA) is 72.5 Å². The number of fused-ring (bicyclic) bond motifs is 1. The first-order valence-corrected chi connectivity index (χ1v) is 9.73. The van der Waals surface area contributed by atoms with Crippen molar-refractivity contribution in [3.8, 4) is 10.7 Å². The molecule has 0 N–H and O–H groups in total. The number of carbonyl (C=O) groups excluding carboxylic acids is 1. The Bertz CT molecular complexity index is 1000. The molecule has 4 heterocycles. The largest absolute Gasteiger partial charge is 0.338 e. The summed E-state index contributed by atoms with van der Waals surface area (Å²) in [6, 6.07) is 5.60. The molecule has 1 amide bonds. The zero-order valence-electron chi connectivity index (χ0n) is 14.9. The number of aryl methyl sites for hydroxylation is 1. The molecule has 8 heteroatoms. The number of hydrogen-bond acceptors (Lipinski definition) is 5. The minimum atomic E-state index is -0.233. The molecule has 0 saturated carbocycles. The number of rotatable bonds is 3. The fourth-order valence-electron chi connectivity index (χ4n) is 3.50. The van der Waals surface area contributed by atoms with E-state index in [1.54, 1.807) is 4.57 Å². The van der Waals surface area contributed by atoms with Crippen LogP contribution in [0.5, 0.6) is 0 Å². The molecule has 1 aliphatic heterocycles. The van der Waals surface area contributed by atoms with Crippen molar-refractivity contribution in [2.24, 2.45) is 0 Å². The van der Waals surface area contributed by atoms with E-state index in [1.165, 1.54) is 28.3 Å². The molecule has 1 saturated heterocycles. The second kappa shape index (κ2) is 6.68. The maximum absolute atomic E-state index is 12.9. The van der Waals surface area contributed by atoms with E-state index in [2.05, 4.69) is 17.0 Å². The van der Waals surface area contributed by atoms with Gasteiger partial charge in [0.15, 0.2) is 5.82 Å². The quantitative estimate of drug-likeness (QED) is 0.708. The number of thiophene rings is 1. The number of aromatic nitrogens is 4. The minimum Gasteiger partial charge on any atom is -0.338 e. The third kappa shape index (κ3) is 2.94. The van der Waals surface area contributed by atoms with Crippen LogP contribution in [0.1, 0.15) is 31.9 Å². The van der Waals surface area contributed by atoms with E-state index in [0.29, 0.717) is 17.3 Å². The Kier molecular flexibility index (Phi) is 4.36. The number of amides is 1. The lowest BCUT2D eigenvalue weighted by Gasteiger charge is -2.33. The van der Waals surface area contributed by atoms with Crippen molar-refractivity contribution in [3.63, 3.8) is 0 Å². The zero-order chi connectivity index (χ0) is 18.3. The predicted molar refractivity (Wildman–Crippen MR) is 100 cm³/mol. The molecule has 3 aromatic heterocycles. The van der Waals surface area contributed by atoms with Crippen molar-refractivity contribution in [2.75, 3.05) is 6.54 Å².